The Bertz CT molecular complexity index is 3480. The number of hydrogen-bond donors (Lipinski definition) is 2. The molecule has 3 atom stereocenters. The van der Waals surface area contributed by atoms with Crippen molar-refractivity contribution in [3.8, 4) is 33.6 Å². The number of cyclic esters (lactones) is 1. The smallest absolute Gasteiger partial charge is 0.411 e. The van der Waals surface area contributed by atoms with Gasteiger partial charge in [-0.05, 0) is 89.2 Å². The van der Waals surface area contributed by atoms with Crippen LogP contribution < -0.4 is 10.9 Å². The van der Waals surface area contributed by atoms with Crippen LogP contribution in [-0.2, 0) is 59.1 Å². The average Bonchev–Trinajstić information content (AvgIpc) is 4.08. The molecule has 7 aromatic rings. The molecule has 2 amide bonds. The molecule has 0 fully saturated rings. The van der Waals surface area contributed by atoms with E-state index in [1.165, 1.54) is 11.0 Å². The summed E-state index contributed by atoms with van der Waals surface area (Å²) in [6.45, 7) is 7.64. The first kappa shape index (κ1) is 47.5. The number of nitrogens with one attached hydrogen (secondary N) is 1. The van der Waals surface area contributed by atoms with Gasteiger partial charge in [-0.1, -0.05) is 111 Å². The van der Waals surface area contributed by atoms with Crippen LogP contribution in [0.5, 0.6) is 0 Å². The Morgan fingerprint density at radius 2 is 1.49 bits per heavy atom. The number of carbonyl (C=O) groups is 3. The summed E-state index contributed by atoms with van der Waals surface area (Å²) in [4.78, 5) is 62.1. The molecule has 0 spiro atoms. The second-order valence-electron chi connectivity index (χ2n) is 20.5. The van der Waals surface area contributed by atoms with Gasteiger partial charge >= 0.3 is 12.1 Å². The molecule has 5 aliphatic rings. The number of rotatable bonds is 13. The molecule has 5 aromatic carbocycles. The van der Waals surface area contributed by atoms with Crippen LogP contribution in [0.1, 0.15) is 101 Å². The van der Waals surface area contributed by atoms with Gasteiger partial charge in [0.2, 0.25) is 5.91 Å². The summed E-state index contributed by atoms with van der Waals surface area (Å²) in [5.74, 6) is -1.81. The predicted molar refractivity (Wildman–Crippen MR) is 275 cm³/mol. The lowest BCUT2D eigenvalue weighted by molar-refractivity contribution is -0.172. The zero-order valence-corrected chi connectivity index (χ0v) is 41.6. The molecule has 376 valence electrons. The molecule has 14 heteroatoms. The van der Waals surface area contributed by atoms with Gasteiger partial charge in [0.15, 0.2) is 11.7 Å². The molecule has 0 saturated heterocycles. The number of pyridine rings is 2. The molecule has 2 aliphatic heterocycles. The summed E-state index contributed by atoms with van der Waals surface area (Å²) >= 11 is 0. The minimum atomic E-state index is -1.99. The Morgan fingerprint density at radius 1 is 0.878 bits per heavy atom. The number of aliphatic hydroxyl groups is 1. The summed E-state index contributed by atoms with van der Waals surface area (Å²) in [6, 6.07) is 34.8. The largest absolute Gasteiger partial charge is 0.458 e. The number of aromatic nitrogens is 2. The van der Waals surface area contributed by atoms with Crippen molar-refractivity contribution in [2.45, 2.75) is 89.2 Å². The summed E-state index contributed by atoms with van der Waals surface area (Å²) in [5, 5.41) is 15.2. The fraction of sp³-hybridized carbons (Fsp3) is 0.317. The Hall–Kier alpha value is -7.52. The van der Waals surface area contributed by atoms with E-state index in [-0.39, 0.29) is 81.1 Å². The van der Waals surface area contributed by atoms with Gasteiger partial charge in [0.1, 0.15) is 25.7 Å². The summed E-state index contributed by atoms with van der Waals surface area (Å²) in [6.07, 6.45) is -0.0366. The number of carbonyl (C=O) groups excluding carboxylic acids is 3. The van der Waals surface area contributed by atoms with E-state index in [4.69, 9.17) is 23.9 Å². The molecule has 2 aromatic heterocycles. The molecule has 3 aliphatic carbocycles. The van der Waals surface area contributed by atoms with Crippen molar-refractivity contribution in [1.82, 2.24) is 19.8 Å². The van der Waals surface area contributed by atoms with E-state index < -0.39 is 41.1 Å². The molecular weight excluding hydrogens is 940 g/mol. The summed E-state index contributed by atoms with van der Waals surface area (Å²) in [5.41, 5.74) is 10.2. The highest BCUT2D eigenvalue weighted by atomic mass is 19.1. The number of amides is 2. The van der Waals surface area contributed by atoms with Crippen molar-refractivity contribution in [2.24, 2.45) is 0 Å². The van der Waals surface area contributed by atoms with E-state index in [9.17, 15) is 24.3 Å². The summed E-state index contributed by atoms with van der Waals surface area (Å²) < 4.78 is 41.2. The van der Waals surface area contributed by atoms with Crippen LogP contribution in [0.3, 0.4) is 0 Å². The van der Waals surface area contributed by atoms with E-state index in [1.54, 1.807) is 24.5 Å². The van der Waals surface area contributed by atoms with Crippen LogP contribution in [0.2, 0.25) is 0 Å². The Labute approximate surface area is 426 Å². The molecular formula is C60H55FN4O9. The third-order valence-electron chi connectivity index (χ3n) is 16.4. The van der Waals surface area contributed by atoms with E-state index in [0.717, 1.165) is 66.6 Å². The van der Waals surface area contributed by atoms with Crippen LogP contribution >= 0.6 is 0 Å². The van der Waals surface area contributed by atoms with Gasteiger partial charge in [-0.15, -0.1) is 0 Å². The highest BCUT2D eigenvalue weighted by Gasteiger charge is 2.47. The molecule has 1 unspecified atom stereocenters. The van der Waals surface area contributed by atoms with E-state index in [2.05, 4.69) is 36.5 Å². The SMILES string of the molecule is CC[C@@]1(O)C(=O)OCc2c1cc1n(c2=O)Cc2c-1nc1cc(F)c(C)c3c1c2[C@](C)(COCCOCNC(=O)CN(C(=O)OC1c2ccccc2-c2ccccc21)C(C)C1c2ccccc2-c2ccccc21)CC3. The van der Waals surface area contributed by atoms with Gasteiger partial charge in [-0.25, -0.2) is 19.0 Å². The highest BCUT2D eigenvalue weighted by molar-refractivity contribution is 5.94. The number of hydrogen-bond acceptors (Lipinski definition) is 10. The first-order valence-electron chi connectivity index (χ1n) is 25.4. The van der Waals surface area contributed by atoms with Crippen molar-refractivity contribution < 1.29 is 42.8 Å². The molecule has 74 heavy (non-hydrogen) atoms. The first-order chi connectivity index (χ1) is 35.8. The second kappa shape index (κ2) is 18.1. The number of esters is 1. The van der Waals surface area contributed by atoms with Crippen molar-refractivity contribution >= 4 is 28.9 Å². The number of fused-ring (bicyclic) bond motifs is 11. The topological polar surface area (TPSA) is 159 Å². The monoisotopic (exact) mass is 994 g/mol. The Morgan fingerprint density at radius 3 is 2.14 bits per heavy atom. The van der Waals surface area contributed by atoms with Crippen molar-refractivity contribution in [3.63, 3.8) is 0 Å². The summed E-state index contributed by atoms with van der Waals surface area (Å²) in [7, 11) is 0. The minimum absolute atomic E-state index is 0.0112. The van der Waals surface area contributed by atoms with Gasteiger partial charge in [-0.2, -0.15) is 0 Å². The van der Waals surface area contributed by atoms with Crippen LogP contribution in [0.4, 0.5) is 9.18 Å². The maximum absolute atomic E-state index is 15.6. The third-order valence-corrected chi connectivity index (χ3v) is 16.4. The quantitative estimate of drug-likeness (QED) is 0.0648. The van der Waals surface area contributed by atoms with Crippen LogP contribution in [-0.4, -0.2) is 76.7 Å². The normalized spacial score (nSPS) is 19.1. The number of halogens is 1. The molecule has 4 heterocycles. The fourth-order valence-corrected chi connectivity index (χ4v) is 12.5. The lowest BCUT2D eigenvalue weighted by Gasteiger charge is -2.37. The van der Waals surface area contributed by atoms with Crippen LogP contribution in [0.25, 0.3) is 44.5 Å². The van der Waals surface area contributed by atoms with Gasteiger partial charge in [0, 0.05) is 51.1 Å². The number of benzene rings is 5. The number of ether oxygens (including phenoxy) is 4. The molecule has 0 radical (unpaired) electrons. The van der Waals surface area contributed by atoms with Crippen LogP contribution in [0, 0.1) is 12.7 Å². The number of nitrogens with zero attached hydrogens (tertiary/aromatic N) is 3. The highest BCUT2D eigenvalue weighted by Crippen LogP contribution is 2.51. The molecule has 13 nitrogen and oxygen atoms in total. The molecule has 0 bridgehead atoms. The Kier molecular flexibility index (Phi) is 11.6. The van der Waals surface area contributed by atoms with Crippen molar-refractivity contribution in [3.05, 3.63) is 181 Å². The van der Waals surface area contributed by atoms with Gasteiger partial charge in [0.25, 0.3) is 5.56 Å². The van der Waals surface area contributed by atoms with E-state index in [1.807, 2.05) is 79.7 Å². The lowest BCUT2D eigenvalue weighted by atomic mass is 9.69. The van der Waals surface area contributed by atoms with Crippen molar-refractivity contribution in [1.29, 1.82) is 0 Å². The predicted octanol–water partition coefficient (Wildman–Crippen LogP) is 9.25. The lowest BCUT2D eigenvalue weighted by Crippen LogP contribution is -2.48. The average molecular weight is 995 g/mol. The molecule has 2 N–H and O–H groups in total. The van der Waals surface area contributed by atoms with Gasteiger partial charge in [0.05, 0.1) is 48.8 Å². The maximum Gasteiger partial charge on any atom is 0.411 e. The van der Waals surface area contributed by atoms with E-state index in [0.29, 0.717) is 35.3 Å². The van der Waals surface area contributed by atoms with Gasteiger partial charge < -0.3 is 33.9 Å². The first-order valence-corrected chi connectivity index (χ1v) is 25.4. The maximum atomic E-state index is 15.6. The standard InChI is InChI=1S/C60H55FN4O9/c1-5-60(70)46-26-49-54-44(28-65(49)56(67)45(46)30-73-57(60)68)53-52-35(33(2)47(61)27-48(52)63-54)22-23-59(53,4)31-71-24-25-72-32-62-50(66)29-64(34(3)51-40-18-10-6-14-36(40)37-15-7-11-19-41(37)51)58(69)74-55-42-20-12-8-16-38(42)39-17-9-13-21-43(39)55/h6-21,26-27,34,51,55,70H,5,22-25,28-32H2,1-4H3,(H,62,66)/t34?,59-,60-/m0/s1. The zero-order chi connectivity index (χ0) is 51.2. The van der Waals surface area contributed by atoms with E-state index >= 15 is 4.39 Å². The molecule has 12 rings (SSSR count). The fourth-order valence-electron chi connectivity index (χ4n) is 12.5. The number of aryl methyl sites for hydroxylation is 1. The zero-order valence-electron chi connectivity index (χ0n) is 41.6. The van der Waals surface area contributed by atoms with Crippen molar-refractivity contribution in [2.75, 3.05) is 33.1 Å². The molecule has 0 saturated carbocycles. The minimum Gasteiger partial charge on any atom is -0.458 e. The van der Waals surface area contributed by atoms with Crippen LogP contribution in [0.15, 0.2) is 114 Å². The Balaban J connectivity index is 0.746. The second-order valence-corrected chi connectivity index (χ2v) is 20.5. The third kappa shape index (κ3) is 7.39. The van der Waals surface area contributed by atoms with Gasteiger partial charge in [-0.3, -0.25) is 14.5 Å².